The van der Waals surface area contributed by atoms with Crippen molar-refractivity contribution in [3.05, 3.63) is 57.0 Å². The van der Waals surface area contributed by atoms with Gasteiger partial charge < -0.3 is 4.74 Å². The van der Waals surface area contributed by atoms with Crippen LogP contribution in [-0.2, 0) is 11.8 Å². The molecule has 0 radical (unpaired) electrons. The van der Waals surface area contributed by atoms with Gasteiger partial charge in [-0.3, -0.25) is 4.68 Å². The number of methoxy groups -OCH3 is 1. The lowest BCUT2D eigenvalue weighted by Crippen LogP contribution is -2.08. The first-order valence-corrected chi connectivity index (χ1v) is 9.14. The maximum absolute atomic E-state index is 12.2. The molecule has 7 nitrogen and oxygen atoms in total. The molecular formula is C17H15BrClN5O2. The molecule has 2 heterocycles. The number of nitrogens with zero attached hydrogens (tertiary/aromatic N) is 5. The van der Waals surface area contributed by atoms with Gasteiger partial charge in [0.2, 0.25) is 0 Å². The van der Waals surface area contributed by atoms with Gasteiger partial charge in [-0.2, -0.15) is 5.10 Å². The van der Waals surface area contributed by atoms with Crippen LogP contribution in [-0.4, -0.2) is 37.9 Å². The summed E-state index contributed by atoms with van der Waals surface area (Å²) in [5.74, 6) is -0.0941. The van der Waals surface area contributed by atoms with E-state index in [0.29, 0.717) is 10.6 Å². The van der Waals surface area contributed by atoms with Crippen LogP contribution in [0.25, 0.3) is 5.69 Å². The fraction of sp³-hybridized carbons (Fsp3) is 0.294. The molecule has 1 saturated carbocycles. The van der Waals surface area contributed by atoms with Crippen molar-refractivity contribution in [2.45, 2.75) is 18.3 Å². The van der Waals surface area contributed by atoms with Crippen molar-refractivity contribution in [3.63, 3.8) is 0 Å². The molecule has 1 aromatic carbocycles. The zero-order valence-corrected chi connectivity index (χ0v) is 16.4. The zero-order chi connectivity index (χ0) is 18.4. The number of carbonyl (C=O) groups is 1. The largest absolute Gasteiger partial charge is 0.465 e. The number of esters is 1. The van der Waals surface area contributed by atoms with Gasteiger partial charge in [-0.1, -0.05) is 32.7 Å². The van der Waals surface area contributed by atoms with E-state index in [9.17, 15) is 4.79 Å². The number of halogens is 2. The molecule has 2 aromatic heterocycles. The second-order valence-electron chi connectivity index (χ2n) is 6.24. The lowest BCUT2D eigenvalue weighted by Gasteiger charge is -2.10. The van der Waals surface area contributed by atoms with Crippen LogP contribution in [0.2, 0.25) is 5.02 Å². The average Bonchev–Trinajstić information content (AvgIpc) is 3.05. The van der Waals surface area contributed by atoms with Gasteiger partial charge in [0.15, 0.2) is 0 Å². The molecule has 1 aliphatic carbocycles. The summed E-state index contributed by atoms with van der Waals surface area (Å²) >= 11 is 9.64. The molecule has 0 amide bonds. The van der Waals surface area contributed by atoms with Crippen LogP contribution in [0.15, 0.2) is 35.1 Å². The van der Waals surface area contributed by atoms with Crippen LogP contribution in [0.5, 0.6) is 0 Å². The molecule has 9 heteroatoms. The van der Waals surface area contributed by atoms with E-state index < -0.39 is 5.97 Å². The van der Waals surface area contributed by atoms with E-state index in [0.717, 1.165) is 28.0 Å². The van der Waals surface area contributed by atoms with Gasteiger partial charge in [0.05, 0.1) is 30.4 Å². The SMILES string of the molecule is COC(=O)c1cnn(-c2cc(Cl)cc(Br)c2)c1C1CC1c1cn(C)nn1. The number of ether oxygens (including phenoxy) is 1. The Morgan fingerprint density at radius 2 is 2.15 bits per heavy atom. The van der Waals surface area contributed by atoms with Crippen LogP contribution in [0.1, 0.15) is 40.0 Å². The summed E-state index contributed by atoms with van der Waals surface area (Å²) in [6, 6.07) is 5.52. The maximum Gasteiger partial charge on any atom is 0.341 e. The van der Waals surface area contributed by atoms with Gasteiger partial charge >= 0.3 is 5.97 Å². The van der Waals surface area contributed by atoms with Crippen LogP contribution < -0.4 is 0 Å². The smallest absolute Gasteiger partial charge is 0.341 e. The van der Waals surface area contributed by atoms with Crippen molar-refractivity contribution >= 4 is 33.5 Å². The van der Waals surface area contributed by atoms with Gasteiger partial charge in [-0.15, -0.1) is 5.10 Å². The van der Waals surface area contributed by atoms with Crippen molar-refractivity contribution in [1.29, 1.82) is 0 Å². The molecule has 0 saturated heterocycles. The third-order valence-corrected chi connectivity index (χ3v) is 5.12. The van der Waals surface area contributed by atoms with E-state index in [1.165, 1.54) is 7.11 Å². The number of carbonyl (C=O) groups excluding carboxylic acids is 1. The molecule has 0 N–H and O–H groups in total. The van der Waals surface area contributed by atoms with Crippen LogP contribution in [0, 0.1) is 0 Å². The number of hydrogen-bond acceptors (Lipinski definition) is 5. The molecule has 1 fully saturated rings. The number of hydrogen-bond donors (Lipinski definition) is 0. The van der Waals surface area contributed by atoms with Crippen molar-refractivity contribution in [1.82, 2.24) is 24.8 Å². The maximum atomic E-state index is 12.2. The molecule has 0 aliphatic heterocycles. The highest BCUT2D eigenvalue weighted by Crippen LogP contribution is 2.55. The zero-order valence-electron chi connectivity index (χ0n) is 14.1. The van der Waals surface area contributed by atoms with Gasteiger partial charge in [0.25, 0.3) is 0 Å². The Morgan fingerprint density at radius 1 is 1.35 bits per heavy atom. The van der Waals surface area contributed by atoms with E-state index in [1.807, 2.05) is 25.4 Å². The highest BCUT2D eigenvalue weighted by Gasteiger charge is 2.46. The van der Waals surface area contributed by atoms with Crippen molar-refractivity contribution < 1.29 is 9.53 Å². The Hall–Kier alpha value is -2.19. The topological polar surface area (TPSA) is 74.8 Å². The summed E-state index contributed by atoms with van der Waals surface area (Å²) in [6.45, 7) is 0. The standard InChI is InChI=1S/C17H15BrClN5O2/c1-23-8-15(21-22-23)12-6-13(12)16-14(17(25)26-2)7-20-24(16)11-4-9(18)3-10(19)5-11/h3-5,7-8,12-13H,6H2,1-2H3. The van der Waals surface area contributed by atoms with E-state index in [4.69, 9.17) is 16.3 Å². The summed E-state index contributed by atoms with van der Waals surface area (Å²) in [5, 5.41) is 13.2. The molecule has 26 heavy (non-hydrogen) atoms. The van der Waals surface area contributed by atoms with E-state index in [2.05, 4.69) is 31.3 Å². The molecule has 1 aliphatic rings. The third kappa shape index (κ3) is 3.03. The molecular weight excluding hydrogens is 422 g/mol. The summed E-state index contributed by atoms with van der Waals surface area (Å²) < 4.78 is 9.20. The Morgan fingerprint density at radius 3 is 2.81 bits per heavy atom. The highest BCUT2D eigenvalue weighted by atomic mass is 79.9. The first kappa shape index (κ1) is 17.2. The second kappa shape index (κ2) is 6.51. The second-order valence-corrected chi connectivity index (χ2v) is 7.59. The Balaban J connectivity index is 1.79. The molecule has 134 valence electrons. The minimum atomic E-state index is -0.405. The van der Waals surface area contributed by atoms with Crippen molar-refractivity contribution in [3.8, 4) is 5.69 Å². The van der Waals surface area contributed by atoms with Crippen LogP contribution in [0.3, 0.4) is 0 Å². The van der Waals surface area contributed by atoms with E-state index in [1.54, 1.807) is 21.6 Å². The Kier molecular flexibility index (Phi) is 4.32. The lowest BCUT2D eigenvalue weighted by atomic mass is 10.1. The van der Waals surface area contributed by atoms with E-state index in [-0.39, 0.29) is 11.8 Å². The molecule has 4 rings (SSSR count). The number of rotatable bonds is 4. The third-order valence-electron chi connectivity index (χ3n) is 4.45. The normalized spacial score (nSPS) is 18.8. The lowest BCUT2D eigenvalue weighted by molar-refractivity contribution is 0.0599. The van der Waals surface area contributed by atoms with Crippen LogP contribution >= 0.6 is 27.5 Å². The average molecular weight is 437 g/mol. The predicted octanol–water partition coefficient (Wildman–Crippen LogP) is 3.47. The van der Waals surface area contributed by atoms with Gasteiger partial charge in [-0.25, -0.2) is 9.48 Å². The fourth-order valence-corrected chi connectivity index (χ4v) is 4.05. The summed E-state index contributed by atoms with van der Waals surface area (Å²) in [6.07, 6.45) is 4.32. The summed E-state index contributed by atoms with van der Waals surface area (Å²) in [5.41, 5.74) is 2.95. The van der Waals surface area contributed by atoms with Gasteiger partial charge in [0.1, 0.15) is 5.56 Å². The highest BCUT2D eigenvalue weighted by molar-refractivity contribution is 9.10. The molecule has 2 atom stereocenters. The Bertz CT molecular complexity index is 979. The summed E-state index contributed by atoms with van der Waals surface area (Å²) in [7, 11) is 3.20. The van der Waals surface area contributed by atoms with Crippen LogP contribution in [0.4, 0.5) is 0 Å². The predicted molar refractivity (Wildman–Crippen MR) is 98.7 cm³/mol. The number of aromatic nitrogens is 5. The van der Waals surface area contributed by atoms with Crippen molar-refractivity contribution in [2.75, 3.05) is 7.11 Å². The Labute approximate surface area is 163 Å². The minimum absolute atomic E-state index is 0.112. The first-order valence-electron chi connectivity index (χ1n) is 7.97. The summed E-state index contributed by atoms with van der Waals surface area (Å²) in [4.78, 5) is 12.2. The van der Waals surface area contributed by atoms with Crippen molar-refractivity contribution in [2.24, 2.45) is 7.05 Å². The minimum Gasteiger partial charge on any atom is -0.465 e. The van der Waals surface area contributed by atoms with E-state index >= 15 is 0 Å². The number of aryl methyl sites for hydroxylation is 1. The molecule has 3 aromatic rings. The first-order chi connectivity index (χ1) is 12.5. The fourth-order valence-electron chi connectivity index (χ4n) is 3.21. The molecule has 2 unspecified atom stereocenters. The number of benzene rings is 1. The quantitative estimate of drug-likeness (QED) is 0.585. The molecule has 0 spiro atoms. The molecule has 0 bridgehead atoms. The van der Waals surface area contributed by atoms with Gasteiger partial charge in [-0.05, 0) is 24.6 Å². The monoisotopic (exact) mass is 435 g/mol. The van der Waals surface area contributed by atoms with Gasteiger partial charge in [0, 0.05) is 34.6 Å².